The summed E-state index contributed by atoms with van der Waals surface area (Å²) in [5.74, 6) is 0.663. The zero-order chi connectivity index (χ0) is 18.4. The number of aryl methyl sites for hydroxylation is 1. The number of benzene rings is 1. The van der Waals surface area contributed by atoms with Crippen molar-refractivity contribution in [2.24, 2.45) is 0 Å². The maximum Gasteiger partial charge on any atom is 0.227 e. The number of carbonyl (C=O) groups excluding carboxylic acids is 1. The van der Waals surface area contributed by atoms with Gasteiger partial charge in [0, 0.05) is 36.1 Å². The van der Waals surface area contributed by atoms with Gasteiger partial charge in [0.2, 0.25) is 5.91 Å². The lowest BCUT2D eigenvalue weighted by molar-refractivity contribution is -0.131. The zero-order valence-corrected chi connectivity index (χ0v) is 17.6. The van der Waals surface area contributed by atoms with Crippen molar-refractivity contribution in [2.75, 3.05) is 7.05 Å². The fourth-order valence-corrected chi connectivity index (χ4v) is 4.84. The number of rotatable bonds is 4. The zero-order valence-electron chi connectivity index (χ0n) is 16.7. The van der Waals surface area contributed by atoms with Crippen molar-refractivity contribution in [1.82, 2.24) is 10.2 Å². The second-order valence-electron chi connectivity index (χ2n) is 8.57. The Balaban J connectivity index is 0.00000210. The number of amides is 1. The average Bonchev–Trinajstić information content (AvgIpc) is 3.15. The van der Waals surface area contributed by atoms with Gasteiger partial charge in [0.05, 0.1) is 12.7 Å². The van der Waals surface area contributed by atoms with Crippen molar-refractivity contribution in [2.45, 2.75) is 76.9 Å². The molecular formula is C22H31ClN2O2. The topological polar surface area (TPSA) is 45.5 Å². The number of furan rings is 1. The predicted octanol–water partition coefficient (Wildman–Crippen LogP) is 4.57. The predicted molar refractivity (Wildman–Crippen MR) is 112 cm³/mol. The summed E-state index contributed by atoms with van der Waals surface area (Å²) < 4.78 is 5.75. The van der Waals surface area contributed by atoms with Gasteiger partial charge in [-0.25, -0.2) is 0 Å². The molecule has 3 heterocycles. The van der Waals surface area contributed by atoms with Crippen LogP contribution in [0.3, 0.4) is 0 Å². The summed E-state index contributed by atoms with van der Waals surface area (Å²) in [4.78, 5) is 14.9. The third-order valence-electron chi connectivity index (χ3n) is 6.40. The van der Waals surface area contributed by atoms with Gasteiger partial charge < -0.3 is 14.6 Å². The summed E-state index contributed by atoms with van der Waals surface area (Å²) in [5, 5.41) is 4.74. The van der Waals surface area contributed by atoms with Crippen molar-refractivity contribution in [3.05, 3.63) is 35.1 Å². The minimum absolute atomic E-state index is 0. The normalized spacial score (nSPS) is 24.3. The van der Waals surface area contributed by atoms with E-state index in [2.05, 4.69) is 38.2 Å². The molecule has 1 aromatic carbocycles. The summed E-state index contributed by atoms with van der Waals surface area (Å²) in [6, 6.07) is 5.88. The van der Waals surface area contributed by atoms with E-state index in [1.54, 1.807) is 6.26 Å². The number of nitrogens with zero attached hydrogens (tertiary/aromatic N) is 1. The lowest BCUT2D eigenvalue weighted by Crippen LogP contribution is -2.49. The summed E-state index contributed by atoms with van der Waals surface area (Å²) >= 11 is 0. The Hall–Kier alpha value is -1.52. The minimum Gasteiger partial charge on any atom is -0.464 e. The summed E-state index contributed by atoms with van der Waals surface area (Å²) in [7, 11) is 1.98. The molecule has 2 aromatic rings. The van der Waals surface area contributed by atoms with E-state index >= 15 is 0 Å². The van der Waals surface area contributed by atoms with Gasteiger partial charge in [-0.2, -0.15) is 0 Å². The van der Waals surface area contributed by atoms with E-state index in [1.807, 2.05) is 11.9 Å². The average molecular weight is 391 g/mol. The van der Waals surface area contributed by atoms with Crippen molar-refractivity contribution in [1.29, 1.82) is 0 Å². The van der Waals surface area contributed by atoms with Crippen LogP contribution in [0.15, 0.2) is 22.8 Å². The molecule has 4 rings (SSSR count). The van der Waals surface area contributed by atoms with Gasteiger partial charge in [-0.3, -0.25) is 4.79 Å². The van der Waals surface area contributed by atoms with Crippen LogP contribution in [-0.2, 0) is 11.2 Å². The second kappa shape index (κ2) is 7.84. The van der Waals surface area contributed by atoms with Crippen molar-refractivity contribution in [3.63, 3.8) is 0 Å². The fourth-order valence-electron chi connectivity index (χ4n) is 4.84. The third-order valence-corrected chi connectivity index (χ3v) is 6.40. The van der Waals surface area contributed by atoms with Crippen molar-refractivity contribution >= 4 is 29.3 Å². The first-order chi connectivity index (χ1) is 12.4. The molecule has 4 nitrogen and oxygen atoms in total. The van der Waals surface area contributed by atoms with Crippen LogP contribution in [0.5, 0.6) is 0 Å². The van der Waals surface area contributed by atoms with Gasteiger partial charge in [-0.15, -0.1) is 12.4 Å². The van der Waals surface area contributed by atoms with Crippen LogP contribution in [0.2, 0.25) is 0 Å². The number of piperidine rings is 1. The lowest BCUT2D eigenvalue weighted by Gasteiger charge is -2.35. The fraction of sp³-hybridized carbons (Fsp3) is 0.591. The van der Waals surface area contributed by atoms with Crippen LogP contribution in [0.4, 0.5) is 0 Å². The van der Waals surface area contributed by atoms with E-state index in [0.717, 1.165) is 29.4 Å². The number of hydrogen-bond acceptors (Lipinski definition) is 3. The Morgan fingerprint density at radius 2 is 1.93 bits per heavy atom. The SMILES string of the molecule is Cc1cc2occ(CC(=O)N(C)C3CC4CCC(C3)N4)c2cc1C(C)C.Cl. The number of nitrogens with one attached hydrogen (secondary N) is 1. The number of fused-ring (bicyclic) bond motifs is 3. The Morgan fingerprint density at radius 3 is 2.56 bits per heavy atom. The molecule has 5 heteroatoms. The van der Waals surface area contributed by atoms with Crippen molar-refractivity contribution in [3.8, 4) is 0 Å². The standard InChI is InChI=1S/C22H30N2O2.ClH/c1-13(2)19-11-20-15(12-26-21(20)7-14(19)3)8-22(25)24(4)18-9-16-5-6-17(10-18)23-16;/h7,11-13,16-18,23H,5-6,8-10H2,1-4H3;1H. The van der Waals surface area contributed by atoms with Crippen LogP contribution in [0.1, 0.15) is 62.1 Å². The highest BCUT2D eigenvalue weighted by Gasteiger charge is 2.36. The van der Waals surface area contributed by atoms with Crippen LogP contribution in [-0.4, -0.2) is 36.0 Å². The second-order valence-corrected chi connectivity index (χ2v) is 8.57. The Bertz CT molecular complexity index is 817. The molecule has 0 aliphatic carbocycles. The van der Waals surface area contributed by atoms with E-state index in [-0.39, 0.29) is 18.3 Å². The maximum atomic E-state index is 12.9. The third kappa shape index (κ3) is 3.88. The number of carbonyl (C=O) groups is 1. The Morgan fingerprint density at radius 1 is 1.26 bits per heavy atom. The van der Waals surface area contributed by atoms with E-state index in [0.29, 0.717) is 30.5 Å². The highest BCUT2D eigenvalue weighted by molar-refractivity contribution is 5.88. The minimum atomic E-state index is 0. The first-order valence-electron chi connectivity index (χ1n) is 9.94. The largest absolute Gasteiger partial charge is 0.464 e. The molecule has 0 saturated carbocycles. The van der Waals surface area contributed by atoms with Gasteiger partial charge in [-0.1, -0.05) is 13.8 Å². The number of halogens is 1. The number of hydrogen-bond donors (Lipinski definition) is 1. The molecule has 2 unspecified atom stereocenters. The van der Waals surface area contributed by atoms with Crippen LogP contribution >= 0.6 is 12.4 Å². The molecule has 0 spiro atoms. The molecule has 1 aromatic heterocycles. The molecule has 2 atom stereocenters. The highest BCUT2D eigenvalue weighted by Crippen LogP contribution is 2.31. The molecule has 1 amide bonds. The molecule has 2 saturated heterocycles. The molecule has 0 radical (unpaired) electrons. The summed E-state index contributed by atoms with van der Waals surface area (Å²) in [6.45, 7) is 6.54. The van der Waals surface area contributed by atoms with Gasteiger partial charge in [0.15, 0.2) is 0 Å². The highest BCUT2D eigenvalue weighted by atomic mass is 35.5. The van der Waals surface area contributed by atoms with E-state index in [9.17, 15) is 4.79 Å². The maximum absolute atomic E-state index is 12.9. The van der Waals surface area contributed by atoms with Crippen LogP contribution in [0.25, 0.3) is 11.0 Å². The summed E-state index contributed by atoms with van der Waals surface area (Å²) in [6.07, 6.45) is 6.87. The first kappa shape index (κ1) is 20.2. The molecule has 2 aliphatic rings. The Kier molecular flexibility index (Phi) is 5.87. The molecule has 2 aliphatic heterocycles. The molecular weight excluding hydrogens is 360 g/mol. The van der Waals surface area contributed by atoms with Crippen molar-refractivity contribution < 1.29 is 9.21 Å². The van der Waals surface area contributed by atoms with Gasteiger partial charge in [0.25, 0.3) is 0 Å². The molecule has 2 bridgehead atoms. The van der Waals surface area contributed by atoms with Gasteiger partial charge >= 0.3 is 0 Å². The monoisotopic (exact) mass is 390 g/mol. The first-order valence-corrected chi connectivity index (χ1v) is 9.94. The van der Waals surface area contributed by atoms with Crippen LogP contribution < -0.4 is 5.32 Å². The van der Waals surface area contributed by atoms with E-state index in [1.165, 1.54) is 24.0 Å². The van der Waals surface area contributed by atoms with Gasteiger partial charge in [0.1, 0.15) is 5.58 Å². The Labute approximate surface area is 168 Å². The van der Waals surface area contributed by atoms with Gasteiger partial charge in [-0.05, 0) is 61.8 Å². The lowest BCUT2D eigenvalue weighted by atomic mass is 9.95. The smallest absolute Gasteiger partial charge is 0.227 e. The van der Waals surface area contributed by atoms with E-state index in [4.69, 9.17) is 4.42 Å². The van der Waals surface area contributed by atoms with Crippen LogP contribution in [0, 0.1) is 6.92 Å². The molecule has 2 fully saturated rings. The molecule has 27 heavy (non-hydrogen) atoms. The molecule has 1 N–H and O–H groups in total. The van der Waals surface area contributed by atoms with E-state index < -0.39 is 0 Å². The summed E-state index contributed by atoms with van der Waals surface area (Å²) in [5.41, 5.74) is 4.48. The molecule has 148 valence electrons. The quantitative estimate of drug-likeness (QED) is 0.831. The number of likely N-dealkylation sites (N-methyl/N-ethyl adjacent to an activating group) is 1.